The van der Waals surface area contributed by atoms with Crippen molar-refractivity contribution >= 4 is 46.6 Å². The molecule has 0 aliphatic carbocycles. The minimum Gasteiger partial charge on any atom is -0.480 e. The molecule has 2 heterocycles. The molecule has 1 aliphatic heterocycles. The van der Waals surface area contributed by atoms with Gasteiger partial charge < -0.3 is 56.8 Å². The Morgan fingerprint density at radius 1 is 0.783 bits per heavy atom. The maximum absolute atomic E-state index is 12.4. The molecule has 2 rings (SSSR count). The first-order valence-corrected chi connectivity index (χ1v) is 15.9. The van der Waals surface area contributed by atoms with Crippen LogP contribution in [-0.2, 0) is 22.7 Å². The molecule has 0 saturated heterocycles. The number of aliphatic hydroxyl groups excluding tert-OH is 4. The minimum atomic E-state index is -0.981. The van der Waals surface area contributed by atoms with Gasteiger partial charge in [0.25, 0.3) is 0 Å². The molecule has 10 N–H and O–H groups in total. The summed E-state index contributed by atoms with van der Waals surface area (Å²) < 4.78 is 0. The van der Waals surface area contributed by atoms with Crippen molar-refractivity contribution in [2.75, 3.05) is 72.6 Å². The molecule has 0 amide bonds. The molecule has 0 spiro atoms. The number of hydrogen-bond acceptors (Lipinski definition) is 12. The molecule has 2 unspecified atom stereocenters. The van der Waals surface area contributed by atoms with Gasteiger partial charge >= 0.3 is 11.9 Å². The maximum atomic E-state index is 12.4. The largest absolute Gasteiger partial charge is 0.480 e. The Morgan fingerprint density at radius 3 is 1.57 bits per heavy atom. The Morgan fingerprint density at radius 2 is 1.20 bits per heavy atom. The van der Waals surface area contributed by atoms with Crippen LogP contribution in [0.5, 0.6) is 0 Å². The Labute approximate surface area is 279 Å². The molecule has 0 fully saturated rings. The topological polar surface area (TPSA) is 226 Å². The summed E-state index contributed by atoms with van der Waals surface area (Å²) in [5.41, 5.74) is 1.31. The summed E-state index contributed by atoms with van der Waals surface area (Å²) in [6.45, 7) is 2.30. The SMILES string of the molecule is CN1CCN(C(CCNC(=S)NC[C@H](O)CO)C(=O)O)Cc2cccc(n2)CN(C(CCNC(=S)NC[C@H](O)CO)C(=O)O)CC1. The van der Waals surface area contributed by atoms with Crippen LogP contribution in [0.25, 0.3) is 0 Å². The Kier molecular flexibility index (Phi) is 18.1. The van der Waals surface area contributed by atoms with Gasteiger partial charge in [0.1, 0.15) is 12.1 Å². The van der Waals surface area contributed by atoms with E-state index < -0.39 is 49.4 Å². The van der Waals surface area contributed by atoms with Gasteiger partial charge in [0, 0.05) is 65.4 Å². The van der Waals surface area contributed by atoms with E-state index in [-0.39, 0.29) is 62.3 Å². The monoisotopic (exact) mass is 688 g/mol. The average Bonchev–Trinajstić information content (AvgIpc) is 3.02. The standard InChI is InChI=1S/C28H48N8O8S2/c1-34-9-11-35(23(25(41)42)5-7-29-27(45)31-13-21(39)17-37)15-19-3-2-4-20(33-19)16-36(12-10-34)24(26(43)44)6-8-30-28(46)32-14-22(40)18-38/h2-4,21-24,37-40H,5-18H2,1H3,(H,41,42)(H,43,44)(H2,29,31,45)(H2,30,32,46)/t21-,22-,23?,24?/m0/s1. The fourth-order valence-electron chi connectivity index (χ4n) is 4.77. The number of nitrogens with zero attached hydrogens (tertiary/aromatic N) is 4. The van der Waals surface area contributed by atoms with Gasteiger partial charge in [-0.05, 0) is 56.5 Å². The Hall–Kier alpha value is -2.81. The highest BCUT2D eigenvalue weighted by molar-refractivity contribution is 7.80. The second-order valence-electron chi connectivity index (χ2n) is 11.1. The van der Waals surface area contributed by atoms with Gasteiger partial charge in [0.15, 0.2) is 10.2 Å². The van der Waals surface area contributed by atoms with Crippen molar-refractivity contribution in [1.29, 1.82) is 0 Å². The van der Waals surface area contributed by atoms with E-state index in [1.54, 1.807) is 0 Å². The van der Waals surface area contributed by atoms with Crippen molar-refractivity contribution in [2.24, 2.45) is 0 Å². The van der Waals surface area contributed by atoms with E-state index in [4.69, 9.17) is 39.6 Å². The van der Waals surface area contributed by atoms with Crippen molar-refractivity contribution in [2.45, 2.75) is 50.2 Å². The van der Waals surface area contributed by atoms with Crippen LogP contribution in [0.2, 0.25) is 0 Å². The number of likely N-dealkylation sites (N-methyl/N-ethyl adjacent to an activating group) is 1. The lowest BCUT2D eigenvalue weighted by Gasteiger charge is -2.34. The summed E-state index contributed by atoms with van der Waals surface area (Å²) in [6, 6.07) is 3.79. The molecule has 2 bridgehead atoms. The van der Waals surface area contributed by atoms with E-state index in [1.165, 1.54) is 0 Å². The van der Waals surface area contributed by atoms with Gasteiger partial charge in [0.2, 0.25) is 0 Å². The summed E-state index contributed by atoms with van der Waals surface area (Å²) in [4.78, 5) is 35.3. The number of carboxylic acids is 2. The summed E-state index contributed by atoms with van der Waals surface area (Å²) in [5.74, 6) is -1.96. The quantitative estimate of drug-likeness (QED) is 0.0779. The van der Waals surface area contributed by atoms with Gasteiger partial charge in [-0.3, -0.25) is 24.4 Å². The maximum Gasteiger partial charge on any atom is 0.320 e. The zero-order valence-electron chi connectivity index (χ0n) is 26.0. The molecule has 1 aliphatic rings. The number of carbonyl (C=O) groups is 2. The lowest BCUT2D eigenvalue weighted by molar-refractivity contribution is -0.144. The van der Waals surface area contributed by atoms with E-state index in [1.807, 2.05) is 39.9 Å². The zero-order chi connectivity index (χ0) is 34.1. The zero-order valence-corrected chi connectivity index (χ0v) is 27.7. The predicted octanol–water partition coefficient (Wildman–Crippen LogP) is -3.05. The van der Waals surface area contributed by atoms with Crippen LogP contribution in [0, 0.1) is 0 Å². The molecular weight excluding hydrogens is 640 g/mol. The summed E-state index contributed by atoms with van der Waals surface area (Å²) in [7, 11) is 1.91. The van der Waals surface area contributed by atoms with Crippen molar-refractivity contribution in [3.63, 3.8) is 0 Å². The predicted molar refractivity (Wildman–Crippen MR) is 178 cm³/mol. The number of pyridine rings is 1. The number of fused-ring (bicyclic) bond motifs is 2. The number of thiocarbonyl (C=S) groups is 2. The number of hydrogen-bond donors (Lipinski definition) is 10. The highest BCUT2D eigenvalue weighted by atomic mass is 32.1. The van der Waals surface area contributed by atoms with Gasteiger partial charge in [-0.25, -0.2) is 0 Å². The smallest absolute Gasteiger partial charge is 0.320 e. The van der Waals surface area contributed by atoms with Crippen LogP contribution >= 0.6 is 24.4 Å². The van der Waals surface area contributed by atoms with Crippen LogP contribution in [0.4, 0.5) is 0 Å². The summed E-state index contributed by atoms with van der Waals surface area (Å²) in [6.07, 6.45) is -1.43. The van der Waals surface area contributed by atoms with Crippen LogP contribution in [0.1, 0.15) is 24.2 Å². The fourth-order valence-corrected chi connectivity index (χ4v) is 5.14. The first-order chi connectivity index (χ1) is 21.9. The highest BCUT2D eigenvalue weighted by Crippen LogP contribution is 2.15. The lowest BCUT2D eigenvalue weighted by Crippen LogP contribution is -2.49. The number of aliphatic hydroxyl groups is 4. The second-order valence-corrected chi connectivity index (χ2v) is 11.9. The van der Waals surface area contributed by atoms with E-state index >= 15 is 0 Å². The molecular formula is C28H48N8O8S2. The van der Waals surface area contributed by atoms with E-state index in [0.717, 1.165) is 0 Å². The number of aromatic nitrogens is 1. The molecule has 18 heteroatoms. The average molecular weight is 689 g/mol. The summed E-state index contributed by atoms with van der Waals surface area (Å²) in [5, 5.41) is 69.1. The molecule has 46 heavy (non-hydrogen) atoms. The number of rotatable bonds is 16. The number of aliphatic carboxylic acids is 2. The van der Waals surface area contributed by atoms with Crippen LogP contribution in [0.15, 0.2) is 18.2 Å². The Bertz CT molecular complexity index is 1040. The molecule has 0 radical (unpaired) electrons. The number of carboxylic acid groups (broad SMARTS) is 2. The highest BCUT2D eigenvalue weighted by Gasteiger charge is 2.29. The first kappa shape index (κ1) is 39.4. The number of nitrogens with one attached hydrogen (secondary N) is 4. The van der Waals surface area contributed by atoms with Crippen LogP contribution in [-0.4, -0.2) is 169 Å². The third-order valence-electron chi connectivity index (χ3n) is 7.41. The van der Waals surface area contributed by atoms with Gasteiger partial charge in [-0.2, -0.15) is 0 Å². The molecule has 260 valence electrons. The molecule has 16 nitrogen and oxygen atoms in total. The molecule has 4 atom stereocenters. The molecule has 0 saturated carbocycles. The molecule has 1 aromatic rings. The fraction of sp³-hybridized carbons (Fsp3) is 0.679. The van der Waals surface area contributed by atoms with Crippen molar-refractivity contribution in [3.05, 3.63) is 29.6 Å². The normalized spacial score (nSPS) is 17.8. The van der Waals surface area contributed by atoms with Gasteiger partial charge in [-0.1, -0.05) is 6.07 Å². The van der Waals surface area contributed by atoms with Crippen molar-refractivity contribution in [1.82, 2.24) is 41.0 Å². The van der Waals surface area contributed by atoms with Gasteiger partial charge in [0.05, 0.1) is 36.8 Å². The summed E-state index contributed by atoms with van der Waals surface area (Å²) >= 11 is 10.4. The second kappa shape index (κ2) is 21.1. The van der Waals surface area contributed by atoms with E-state index in [9.17, 15) is 30.0 Å². The Balaban J connectivity index is 2.12. The molecule has 0 aromatic carbocycles. The van der Waals surface area contributed by atoms with Gasteiger partial charge in [-0.15, -0.1) is 0 Å². The molecule has 1 aromatic heterocycles. The minimum absolute atomic E-state index is 0.0656. The van der Waals surface area contributed by atoms with E-state index in [0.29, 0.717) is 37.6 Å². The van der Waals surface area contributed by atoms with Crippen LogP contribution < -0.4 is 21.3 Å². The van der Waals surface area contributed by atoms with Crippen molar-refractivity contribution < 1.29 is 40.2 Å². The van der Waals surface area contributed by atoms with Crippen LogP contribution in [0.3, 0.4) is 0 Å². The third kappa shape index (κ3) is 14.7. The third-order valence-corrected chi connectivity index (χ3v) is 7.99. The van der Waals surface area contributed by atoms with E-state index in [2.05, 4.69) is 21.3 Å². The lowest BCUT2D eigenvalue weighted by atomic mass is 10.1. The van der Waals surface area contributed by atoms with Crippen molar-refractivity contribution in [3.8, 4) is 0 Å². The first-order valence-electron chi connectivity index (χ1n) is 15.1.